The summed E-state index contributed by atoms with van der Waals surface area (Å²) in [6.07, 6.45) is 1.18. The average Bonchev–Trinajstić information content (AvgIpc) is 2.08. The zero-order valence-electron chi connectivity index (χ0n) is 6.12. The van der Waals surface area contributed by atoms with Crippen molar-refractivity contribution in [3.05, 3.63) is 27.3 Å². The molecule has 0 saturated carbocycles. The van der Waals surface area contributed by atoms with Crippen LogP contribution >= 0.6 is 22.6 Å². The molecule has 0 saturated heterocycles. The molecule has 1 N–H and O–H groups in total. The molecule has 0 amide bonds. The minimum atomic E-state index is -1.68. The van der Waals surface area contributed by atoms with E-state index in [0.29, 0.717) is 0 Å². The first-order valence-corrected chi connectivity index (χ1v) is 4.19. The number of hydrogen-bond donors (Lipinski definition) is 1. The van der Waals surface area contributed by atoms with E-state index in [2.05, 4.69) is 4.98 Å². The van der Waals surface area contributed by atoms with Crippen LogP contribution < -0.4 is 0 Å². The fourth-order valence-corrected chi connectivity index (χ4v) is 1.16. The van der Waals surface area contributed by atoms with Gasteiger partial charge in [0.15, 0.2) is 5.82 Å². The number of halogens is 2. The van der Waals surface area contributed by atoms with Gasteiger partial charge in [0.05, 0.1) is 5.56 Å². The Kier molecular flexibility index (Phi) is 2.91. The smallest absolute Gasteiger partial charge is 0.377 e. The summed E-state index contributed by atoms with van der Waals surface area (Å²) in [7, 11) is 0. The van der Waals surface area contributed by atoms with Gasteiger partial charge in [-0.15, -0.1) is 0 Å². The largest absolute Gasteiger partial charge is 0.475 e. The lowest BCUT2D eigenvalue weighted by molar-refractivity contribution is -0.131. The normalized spacial score (nSPS) is 9.69. The van der Waals surface area contributed by atoms with Gasteiger partial charge < -0.3 is 5.11 Å². The van der Waals surface area contributed by atoms with Crippen LogP contribution in [0.4, 0.5) is 4.39 Å². The predicted molar refractivity (Wildman–Crippen MR) is 48.9 cm³/mol. The number of nitrogens with zero attached hydrogens (tertiary/aromatic N) is 1. The summed E-state index contributed by atoms with van der Waals surface area (Å²) in [5.74, 6) is -3.84. The van der Waals surface area contributed by atoms with Crippen LogP contribution in [0.25, 0.3) is 0 Å². The Morgan fingerprint density at radius 3 is 2.69 bits per heavy atom. The first-order valence-electron chi connectivity index (χ1n) is 3.11. The van der Waals surface area contributed by atoms with Gasteiger partial charge in [-0.1, -0.05) is 0 Å². The lowest BCUT2D eigenvalue weighted by Gasteiger charge is -1.98. The van der Waals surface area contributed by atoms with E-state index < -0.39 is 23.1 Å². The highest BCUT2D eigenvalue weighted by Crippen LogP contribution is 2.12. The molecule has 1 rings (SSSR count). The van der Waals surface area contributed by atoms with Crippen molar-refractivity contribution in [2.24, 2.45) is 0 Å². The maximum absolute atomic E-state index is 13.1. The molecule has 0 unspecified atom stereocenters. The van der Waals surface area contributed by atoms with Crippen LogP contribution in [0.3, 0.4) is 0 Å². The maximum atomic E-state index is 13.1. The van der Waals surface area contributed by atoms with Crippen LogP contribution in [-0.2, 0) is 4.79 Å². The zero-order chi connectivity index (χ0) is 10.0. The molecular formula is C7H3FINO3. The van der Waals surface area contributed by atoms with Gasteiger partial charge in [-0.3, -0.25) is 4.79 Å². The first-order chi connectivity index (χ1) is 6.04. The molecule has 0 aliphatic heterocycles. The molecule has 0 aliphatic carbocycles. The Morgan fingerprint density at radius 1 is 1.54 bits per heavy atom. The van der Waals surface area contributed by atoms with Crippen LogP contribution in [0.1, 0.15) is 10.4 Å². The molecule has 13 heavy (non-hydrogen) atoms. The molecular weight excluding hydrogens is 292 g/mol. The van der Waals surface area contributed by atoms with Gasteiger partial charge in [0.1, 0.15) is 3.70 Å². The van der Waals surface area contributed by atoms with Crippen molar-refractivity contribution >= 4 is 34.3 Å². The Bertz CT molecular complexity index is 380. The number of aliphatic carboxylic acids is 1. The Labute approximate surface area is 85.9 Å². The van der Waals surface area contributed by atoms with Crippen molar-refractivity contribution in [3.8, 4) is 0 Å². The topological polar surface area (TPSA) is 67.3 Å². The molecule has 68 valence electrons. The van der Waals surface area contributed by atoms with Crippen molar-refractivity contribution < 1.29 is 19.1 Å². The van der Waals surface area contributed by atoms with Crippen molar-refractivity contribution in [2.45, 2.75) is 0 Å². The van der Waals surface area contributed by atoms with Crippen LogP contribution in [-0.4, -0.2) is 21.8 Å². The number of carbonyl (C=O) groups is 2. The minimum absolute atomic E-state index is 0.0234. The molecule has 0 fully saturated rings. The number of carboxylic acid groups (broad SMARTS) is 1. The van der Waals surface area contributed by atoms with Gasteiger partial charge in [-0.2, -0.15) is 0 Å². The monoisotopic (exact) mass is 295 g/mol. The number of Topliss-reactive ketones (excluding diaryl/α,β-unsaturated/α-hetero) is 1. The van der Waals surface area contributed by atoms with Crippen LogP contribution in [0.2, 0.25) is 0 Å². The summed E-state index contributed by atoms with van der Waals surface area (Å²) in [4.78, 5) is 24.6. The molecule has 6 heteroatoms. The van der Waals surface area contributed by atoms with Gasteiger partial charge in [0.25, 0.3) is 5.78 Å². The molecule has 1 aromatic rings. The molecule has 0 aromatic carbocycles. The quantitative estimate of drug-likeness (QED) is 0.384. The van der Waals surface area contributed by atoms with Crippen molar-refractivity contribution in [2.75, 3.05) is 0 Å². The lowest BCUT2D eigenvalue weighted by atomic mass is 10.2. The Morgan fingerprint density at radius 2 is 2.15 bits per heavy atom. The van der Waals surface area contributed by atoms with Gasteiger partial charge in [-0.25, -0.2) is 14.2 Å². The van der Waals surface area contributed by atoms with Crippen LogP contribution in [0.15, 0.2) is 12.3 Å². The third-order valence-electron chi connectivity index (χ3n) is 1.29. The molecule has 0 spiro atoms. The molecule has 0 atom stereocenters. The van der Waals surface area contributed by atoms with Crippen molar-refractivity contribution in [1.29, 1.82) is 0 Å². The Balaban J connectivity index is 3.23. The average molecular weight is 295 g/mol. The van der Waals surface area contributed by atoms with Crippen LogP contribution in [0, 0.1) is 9.52 Å². The van der Waals surface area contributed by atoms with Gasteiger partial charge in [0, 0.05) is 6.20 Å². The van der Waals surface area contributed by atoms with E-state index >= 15 is 0 Å². The number of carbonyl (C=O) groups excluding carboxylic acids is 1. The zero-order valence-corrected chi connectivity index (χ0v) is 8.28. The second kappa shape index (κ2) is 3.77. The fourth-order valence-electron chi connectivity index (χ4n) is 0.709. The number of pyridine rings is 1. The number of ketones is 1. The van der Waals surface area contributed by atoms with E-state index in [1.807, 2.05) is 0 Å². The van der Waals surface area contributed by atoms with E-state index in [-0.39, 0.29) is 3.70 Å². The molecule has 0 radical (unpaired) electrons. The third-order valence-corrected chi connectivity index (χ3v) is 2.04. The highest BCUT2D eigenvalue weighted by atomic mass is 127. The highest BCUT2D eigenvalue weighted by Gasteiger charge is 2.20. The van der Waals surface area contributed by atoms with Crippen molar-refractivity contribution in [1.82, 2.24) is 4.98 Å². The number of rotatable bonds is 2. The van der Waals surface area contributed by atoms with E-state index in [1.54, 1.807) is 22.6 Å². The molecule has 0 bridgehead atoms. The second-order valence-corrected chi connectivity index (χ2v) is 3.12. The summed E-state index contributed by atoms with van der Waals surface area (Å²) in [6.45, 7) is 0. The summed E-state index contributed by atoms with van der Waals surface area (Å²) in [6, 6.07) is 1.04. The second-order valence-electron chi connectivity index (χ2n) is 2.10. The van der Waals surface area contributed by atoms with E-state index in [1.165, 1.54) is 6.20 Å². The fraction of sp³-hybridized carbons (Fsp3) is 0. The minimum Gasteiger partial charge on any atom is -0.475 e. The van der Waals surface area contributed by atoms with E-state index in [4.69, 9.17) is 5.11 Å². The number of hydrogen-bond acceptors (Lipinski definition) is 3. The van der Waals surface area contributed by atoms with Crippen molar-refractivity contribution in [3.63, 3.8) is 0 Å². The standard InChI is InChI=1S/C7H3FINO3/c8-4-3(5(11)7(12)13)1-2-10-6(4)9/h1-2H,(H,12,13). The number of aromatic nitrogens is 1. The summed E-state index contributed by atoms with van der Waals surface area (Å²) >= 11 is 1.58. The summed E-state index contributed by atoms with van der Waals surface area (Å²) < 4.78 is 13.0. The molecule has 4 nitrogen and oxygen atoms in total. The maximum Gasteiger partial charge on any atom is 0.377 e. The Hall–Kier alpha value is -1.05. The van der Waals surface area contributed by atoms with E-state index in [0.717, 1.165) is 6.07 Å². The van der Waals surface area contributed by atoms with E-state index in [9.17, 15) is 14.0 Å². The van der Waals surface area contributed by atoms with Gasteiger partial charge in [0.2, 0.25) is 0 Å². The lowest BCUT2D eigenvalue weighted by Crippen LogP contribution is -2.15. The number of carboxylic acids is 1. The summed E-state index contributed by atoms with van der Waals surface area (Å²) in [5.41, 5.74) is -0.466. The SMILES string of the molecule is O=C(O)C(=O)c1ccnc(I)c1F. The molecule has 0 aliphatic rings. The highest BCUT2D eigenvalue weighted by molar-refractivity contribution is 14.1. The summed E-state index contributed by atoms with van der Waals surface area (Å²) in [5, 5.41) is 8.31. The molecule has 1 aromatic heterocycles. The molecule has 1 heterocycles. The third kappa shape index (κ3) is 2.00. The first kappa shape index (κ1) is 10.0. The van der Waals surface area contributed by atoms with Gasteiger partial charge in [-0.05, 0) is 28.7 Å². The van der Waals surface area contributed by atoms with Crippen LogP contribution in [0.5, 0.6) is 0 Å². The predicted octanol–water partition coefficient (Wildman–Crippen LogP) is 1.09. The van der Waals surface area contributed by atoms with Gasteiger partial charge >= 0.3 is 5.97 Å².